The lowest BCUT2D eigenvalue weighted by Gasteiger charge is -2.50. The van der Waals surface area contributed by atoms with Crippen molar-refractivity contribution in [3.63, 3.8) is 0 Å². The van der Waals surface area contributed by atoms with E-state index in [1.54, 1.807) is 37.5 Å². The minimum atomic E-state index is -0.723. The SMILES string of the molecule is Cc1nc2c(N3C[C@@H]([C@@H](C)O)N(C(c4ccc(F)cc4)c4ccc(F)cc4)C[C@@H]3C)nc3nncn3c2n1CC1CCCO1. The molecule has 2 fully saturated rings. The number of fused-ring (bicyclic) bond motifs is 3. The molecule has 2 aromatic carbocycles. The summed E-state index contributed by atoms with van der Waals surface area (Å²) in [6.07, 6.45) is 3.11. The van der Waals surface area contributed by atoms with E-state index in [0.29, 0.717) is 31.2 Å². The fourth-order valence-corrected chi connectivity index (χ4v) is 6.87. The van der Waals surface area contributed by atoms with Crippen LogP contribution in [0.5, 0.6) is 0 Å². The largest absolute Gasteiger partial charge is 0.392 e. The quantitative estimate of drug-likeness (QED) is 0.295. The number of rotatable bonds is 7. The third-order valence-electron chi connectivity index (χ3n) is 9.07. The van der Waals surface area contributed by atoms with E-state index in [0.717, 1.165) is 47.6 Å². The highest BCUT2D eigenvalue weighted by Crippen LogP contribution is 2.37. The molecule has 0 saturated carbocycles. The van der Waals surface area contributed by atoms with E-state index in [4.69, 9.17) is 14.7 Å². The number of aliphatic hydroxyl groups excluding tert-OH is 1. The van der Waals surface area contributed by atoms with E-state index in [1.165, 1.54) is 24.3 Å². The Balaban J connectivity index is 1.30. The van der Waals surface area contributed by atoms with Gasteiger partial charge in [0, 0.05) is 25.7 Å². The van der Waals surface area contributed by atoms with Gasteiger partial charge in [0.15, 0.2) is 11.5 Å². The summed E-state index contributed by atoms with van der Waals surface area (Å²) in [5.41, 5.74) is 3.32. The van der Waals surface area contributed by atoms with Crippen molar-refractivity contribution < 1.29 is 18.6 Å². The molecule has 2 aliphatic heterocycles. The highest BCUT2D eigenvalue weighted by Gasteiger charge is 2.40. The van der Waals surface area contributed by atoms with Crippen molar-refractivity contribution in [2.75, 3.05) is 24.6 Å². The summed E-state index contributed by atoms with van der Waals surface area (Å²) in [7, 11) is 0. The molecule has 2 saturated heterocycles. The third kappa shape index (κ3) is 5.10. The van der Waals surface area contributed by atoms with Gasteiger partial charge in [-0.15, -0.1) is 10.2 Å². The monoisotopic (exact) mass is 602 g/mol. The lowest BCUT2D eigenvalue weighted by atomic mass is 9.92. The second-order valence-electron chi connectivity index (χ2n) is 12.0. The standard InChI is InChI=1S/C32H36F2N8O2/c1-19-15-41(29(22-6-10-24(33)11-7-22)23-8-12-25(34)13-9-23)27(20(2)43)17-39(19)30-28-31(42-18-35-38-32(42)37-30)40(21(3)36-28)16-26-5-4-14-44-26/h6-13,18-20,26-27,29,43H,4-5,14-17H2,1-3H3/t19-,20+,26?,27-/m0/s1. The van der Waals surface area contributed by atoms with Gasteiger partial charge in [0.2, 0.25) is 0 Å². The van der Waals surface area contributed by atoms with Gasteiger partial charge in [-0.1, -0.05) is 24.3 Å². The predicted molar refractivity (Wildman–Crippen MR) is 161 cm³/mol. The van der Waals surface area contributed by atoms with E-state index in [9.17, 15) is 13.9 Å². The minimum Gasteiger partial charge on any atom is -0.392 e. The molecule has 5 aromatic rings. The van der Waals surface area contributed by atoms with Gasteiger partial charge in [0.05, 0.1) is 30.8 Å². The first-order chi connectivity index (χ1) is 21.3. The minimum absolute atomic E-state index is 0.0573. The summed E-state index contributed by atoms with van der Waals surface area (Å²) in [4.78, 5) is 14.4. The fourth-order valence-electron chi connectivity index (χ4n) is 6.87. The Morgan fingerprint density at radius 2 is 1.68 bits per heavy atom. The molecule has 0 radical (unpaired) electrons. The van der Waals surface area contributed by atoms with Gasteiger partial charge in [0.25, 0.3) is 5.78 Å². The van der Waals surface area contributed by atoms with Crippen molar-refractivity contribution in [2.24, 2.45) is 0 Å². The van der Waals surface area contributed by atoms with Gasteiger partial charge in [-0.3, -0.25) is 4.90 Å². The normalized spacial score (nSPS) is 22.1. The van der Waals surface area contributed by atoms with Crippen LogP contribution in [-0.4, -0.2) is 83.1 Å². The molecule has 2 aliphatic rings. The average molecular weight is 603 g/mol. The maximum Gasteiger partial charge on any atom is 0.258 e. The first kappa shape index (κ1) is 28.8. The molecule has 7 rings (SSSR count). The summed E-state index contributed by atoms with van der Waals surface area (Å²) in [5.74, 6) is 1.35. The number of hydrogen-bond acceptors (Lipinski definition) is 8. The molecule has 3 aromatic heterocycles. The highest BCUT2D eigenvalue weighted by molar-refractivity contribution is 5.87. The smallest absolute Gasteiger partial charge is 0.258 e. The molecule has 0 amide bonds. The van der Waals surface area contributed by atoms with Crippen LogP contribution in [-0.2, 0) is 11.3 Å². The van der Waals surface area contributed by atoms with E-state index in [1.807, 2.05) is 11.3 Å². The van der Waals surface area contributed by atoms with Gasteiger partial charge < -0.3 is 19.3 Å². The number of aryl methyl sites for hydroxylation is 1. The van der Waals surface area contributed by atoms with Crippen LogP contribution in [0, 0.1) is 18.6 Å². The molecule has 5 heterocycles. The Labute approximate surface area is 253 Å². The van der Waals surface area contributed by atoms with Crippen LogP contribution in [0.4, 0.5) is 14.6 Å². The van der Waals surface area contributed by atoms with Crippen LogP contribution in [0.3, 0.4) is 0 Å². The lowest BCUT2D eigenvalue weighted by Crippen LogP contribution is -2.61. The number of ether oxygens (including phenoxy) is 1. The van der Waals surface area contributed by atoms with Gasteiger partial charge in [-0.25, -0.2) is 18.2 Å². The zero-order valence-electron chi connectivity index (χ0n) is 25.0. The number of piperazine rings is 1. The molecule has 1 N–H and O–H groups in total. The molecule has 0 aliphatic carbocycles. The number of anilines is 1. The first-order valence-corrected chi connectivity index (χ1v) is 15.2. The zero-order valence-corrected chi connectivity index (χ0v) is 25.0. The van der Waals surface area contributed by atoms with Crippen LogP contribution >= 0.6 is 0 Å². The summed E-state index contributed by atoms with van der Waals surface area (Å²) >= 11 is 0. The number of hydrogen-bond donors (Lipinski definition) is 1. The van der Waals surface area contributed by atoms with Crippen molar-refractivity contribution in [2.45, 2.75) is 70.5 Å². The van der Waals surface area contributed by atoms with Crippen LogP contribution < -0.4 is 4.90 Å². The van der Waals surface area contributed by atoms with Gasteiger partial charge in [-0.2, -0.15) is 4.98 Å². The summed E-state index contributed by atoms with van der Waals surface area (Å²) in [6.45, 7) is 8.33. The van der Waals surface area contributed by atoms with Crippen LogP contribution in [0.2, 0.25) is 0 Å². The molecule has 0 bridgehead atoms. The topological polar surface area (TPSA) is 96.8 Å². The summed E-state index contributed by atoms with van der Waals surface area (Å²) in [5, 5.41) is 19.7. The van der Waals surface area contributed by atoms with Gasteiger partial charge >= 0.3 is 0 Å². The summed E-state index contributed by atoms with van der Waals surface area (Å²) in [6, 6.07) is 12.0. The fraction of sp³-hybridized carbons (Fsp3) is 0.438. The molecular formula is C32H36F2N8O2. The molecule has 230 valence electrons. The zero-order chi connectivity index (χ0) is 30.5. The van der Waals surface area contributed by atoms with Crippen molar-refractivity contribution in [3.05, 3.63) is 83.4 Å². The number of aliphatic hydroxyl groups is 1. The third-order valence-corrected chi connectivity index (χ3v) is 9.07. The van der Waals surface area contributed by atoms with Crippen LogP contribution in [0.1, 0.15) is 49.7 Å². The van der Waals surface area contributed by atoms with E-state index in [-0.39, 0.29) is 35.9 Å². The van der Waals surface area contributed by atoms with Crippen molar-refractivity contribution in [1.29, 1.82) is 0 Å². The Morgan fingerprint density at radius 3 is 2.30 bits per heavy atom. The first-order valence-electron chi connectivity index (χ1n) is 15.2. The molecule has 12 heteroatoms. The van der Waals surface area contributed by atoms with Crippen molar-refractivity contribution >= 4 is 22.8 Å². The van der Waals surface area contributed by atoms with Crippen molar-refractivity contribution in [1.82, 2.24) is 34.0 Å². The predicted octanol–water partition coefficient (Wildman–Crippen LogP) is 4.29. The Bertz CT molecular complexity index is 1720. The maximum absolute atomic E-state index is 14.0. The molecule has 0 spiro atoms. The molecule has 4 atom stereocenters. The number of halogens is 2. The number of nitrogens with zero attached hydrogens (tertiary/aromatic N) is 8. The number of aromatic nitrogens is 6. The van der Waals surface area contributed by atoms with E-state index in [2.05, 4.69) is 31.5 Å². The Morgan fingerprint density at radius 1 is 1.00 bits per heavy atom. The Hall–Kier alpha value is -4.00. The molecular weight excluding hydrogens is 566 g/mol. The summed E-state index contributed by atoms with van der Waals surface area (Å²) < 4.78 is 37.9. The van der Waals surface area contributed by atoms with Crippen LogP contribution in [0.15, 0.2) is 54.9 Å². The van der Waals surface area contributed by atoms with Crippen LogP contribution in [0.25, 0.3) is 16.9 Å². The average Bonchev–Trinajstić information content (AvgIpc) is 3.76. The molecule has 10 nitrogen and oxygen atoms in total. The van der Waals surface area contributed by atoms with Gasteiger partial charge in [0.1, 0.15) is 29.3 Å². The second kappa shape index (κ2) is 11.5. The number of imidazole rings is 1. The second-order valence-corrected chi connectivity index (χ2v) is 12.0. The Kier molecular flexibility index (Phi) is 7.51. The maximum atomic E-state index is 14.0. The molecule has 44 heavy (non-hydrogen) atoms. The van der Waals surface area contributed by atoms with Gasteiger partial charge in [-0.05, 0) is 69.0 Å². The number of benzene rings is 2. The van der Waals surface area contributed by atoms with E-state index < -0.39 is 6.10 Å². The highest BCUT2D eigenvalue weighted by atomic mass is 19.1. The lowest BCUT2D eigenvalue weighted by molar-refractivity contribution is 0.0255. The molecule has 1 unspecified atom stereocenters. The van der Waals surface area contributed by atoms with E-state index >= 15 is 0 Å². The van der Waals surface area contributed by atoms with Crippen molar-refractivity contribution in [3.8, 4) is 0 Å².